The van der Waals surface area contributed by atoms with Crippen LogP contribution in [0.15, 0.2) is 19.0 Å². The van der Waals surface area contributed by atoms with Gasteiger partial charge in [0.2, 0.25) is 11.2 Å². The SMILES string of the molecule is C=CCOc1nc(Cl)nc2c1ncn2C1OC(CO[Si](C)(C)C(C)(C)C)C(O[Si](C)(C)C(C)(C)C)C1O[Si](C)(C)C(C)(C)C. The van der Waals surface area contributed by atoms with Gasteiger partial charge < -0.3 is 22.8 Å². The van der Waals surface area contributed by atoms with Crippen LogP contribution in [0, 0.1) is 0 Å². The van der Waals surface area contributed by atoms with E-state index in [4.69, 9.17) is 34.4 Å². The molecule has 3 rings (SSSR count). The molecule has 0 saturated carbocycles. The summed E-state index contributed by atoms with van der Waals surface area (Å²) < 4.78 is 36.0. The van der Waals surface area contributed by atoms with Crippen LogP contribution in [-0.2, 0) is 18.0 Å². The molecule has 0 aromatic carbocycles. The predicted octanol–water partition coefficient (Wildman–Crippen LogP) is 8.74. The Bertz CT molecular complexity index is 1310. The first kappa shape index (κ1) is 37.3. The molecule has 2 aromatic heterocycles. The van der Waals surface area contributed by atoms with Crippen molar-refractivity contribution in [2.45, 2.75) is 141 Å². The highest BCUT2D eigenvalue weighted by atomic mass is 35.5. The summed E-state index contributed by atoms with van der Waals surface area (Å²) in [4.78, 5) is 13.5. The fraction of sp³-hybridized carbons (Fsp3) is 0.774. The van der Waals surface area contributed by atoms with Gasteiger partial charge in [-0.05, 0) is 66.0 Å². The molecule has 0 aliphatic carbocycles. The Morgan fingerprint density at radius 3 is 1.89 bits per heavy atom. The van der Waals surface area contributed by atoms with E-state index in [2.05, 4.69) is 123 Å². The summed E-state index contributed by atoms with van der Waals surface area (Å²) in [6.07, 6.45) is 1.59. The van der Waals surface area contributed by atoms with Gasteiger partial charge in [0, 0.05) is 0 Å². The van der Waals surface area contributed by atoms with E-state index in [-0.39, 0.29) is 39.2 Å². The van der Waals surface area contributed by atoms with Crippen LogP contribution in [-0.4, -0.2) is 76.0 Å². The highest BCUT2D eigenvalue weighted by Crippen LogP contribution is 2.47. The minimum Gasteiger partial charge on any atom is -0.472 e. The molecule has 4 unspecified atom stereocenters. The third kappa shape index (κ3) is 7.87. The van der Waals surface area contributed by atoms with Gasteiger partial charge in [0.1, 0.15) is 24.9 Å². The van der Waals surface area contributed by atoms with E-state index >= 15 is 0 Å². The van der Waals surface area contributed by atoms with E-state index < -0.39 is 37.3 Å². The van der Waals surface area contributed by atoms with Gasteiger partial charge in [-0.25, -0.2) is 4.98 Å². The average molecular weight is 686 g/mol. The van der Waals surface area contributed by atoms with E-state index in [1.165, 1.54) is 0 Å². The molecule has 0 radical (unpaired) electrons. The lowest BCUT2D eigenvalue weighted by Gasteiger charge is -2.44. The molecule has 3 heterocycles. The summed E-state index contributed by atoms with van der Waals surface area (Å²) in [5.41, 5.74) is 1.00. The quantitative estimate of drug-likeness (QED) is 0.132. The lowest BCUT2D eigenvalue weighted by molar-refractivity contribution is -0.0470. The van der Waals surface area contributed by atoms with Gasteiger partial charge in [-0.1, -0.05) is 75.0 Å². The van der Waals surface area contributed by atoms with Crippen LogP contribution in [0.1, 0.15) is 68.5 Å². The summed E-state index contributed by atoms with van der Waals surface area (Å²) in [6, 6.07) is 0. The summed E-state index contributed by atoms with van der Waals surface area (Å²) in [5, 5.41) is 0.0544. The number of hydrogen-bond donors (Lipinski definition) is 0. The Hall–Kier alpha value is -1.13. The Labute approximate surface area is 273 Å². The molecule has 1 saturated heterocycles. The van der Waals surface area contributed by atoms with Gasteiger partial charge in [-0.2, -0.15) is 9.97 Å². The molecule has 13 heteroatoms. The minimum atomic E-state index is -2.32. The van der Waals surface area contributed by atoms with Crippen molar-refractivity contribution in [1.82, 2.24) is 19.5 Å². The molecule has 4 atom stereocenters. The van der Waals surface area contributed by atoms with Gasteiger partial charge in [-0.15, -0.1) is 0 Å². The topological polar surface area (TPSA) is 89.8 Å². The zero-order chi connectivity index (χ0) is 33.7. The van der Waals surface area contributed by atoms with E-state index in [9.17, 15) is 0 Å². The van der Waals surface area contributed by atoms with Crippen molar-refractivity contribution in [1.29, 1.82) is 0 Å². The zero-order valence-corrected chi connectivity index (χ0v) is 33.5. The second-order valence-corrected chi connectivity index (χ2v) is 31.2. The highest BCUT2D eigenvalue weighted by molar-refractivity contribution is 6.75. The molecule has 0 bridgehead atoms. The van der Waals surface area contributed by atoms with Crippen LogP contribution < -0.4 is 4.74 Å². The molecule has 1 fully saturated rings. The molecule has 250 valence electrons. The van der Waals surface area contributed by atoms with Crippen LogP contribution in [0.5, 0.6) is 5.88 Å². The highest BCUT2D eigenvalue weighted by Gasteiger charge is 2.55. The number of halogens is 1. The van der Waals surface area contributed by atoms with Gasteiger partial charge in [0.05, 0.1) is 12.9 Å². The summed E-state index contributed by atoms with van der Waals surface area (Å²) >= 11 is 6.41. The molecule has 0 N–H and O–H groups in total. The number of ether oxygens (including phenoxy) is 2. The van der Waals surface area contributed by atoms with Gasteiger partial charge in [-0.3, -0.25) is 4.57 Å². The third-order valence-corrected chi connectivity index (χ3v) is 23.8. The zero-order valence-electron chi connectivity index (χ0n) is 29.8. The Kier molecular flexibility index (Phi) is 10.9. The monoisotopic (exact) mass is 684 g/mol. The van der Waals surface area contributed by atoms with Crippen molar-refractivity contribution < 1.29 is 22.8 Å². The Morgan fingerprint density at radius 2 is 1.39 bits per heavy atom. The summed E-state index contributed by atoms with van der Waals surface area (Å²) in [6.45, 7) is 38.3. The normalized spacial score (nSPS) is 22.5. The average Bonchev–Trinajstić information content (AvgIpc) is 3.40. The van der Waals surface area contributed by atoms with E-state index in [1.807, 2.05) is 4.57 Å². The van der Waals surface area contributed by atoms with Crippen molar-refractivity contribution >= 4 is 47.7 Å². The number of rotatable bonds is 11. The summed E-state index contributed by atoms with van der Waals surface area (Å²) in [7, 11) is -6.69. The molecule has 2 aromatic rings. The van der Waals surface area contributed by atoms with Crippen molar-refractivity contribution in [2.75, 3.05) is 13.2 Å². The first-order valence-electron chi connectivity index (χ1n) is 15.6. The maximum absolute atomic E-state index is 7.27. The molecule has 1 aliphatic heterocycles. The second-order valence-electron chi connectivity index (χ2n) is 16.5. The molecule has 9 nitrogen and oxygen atoms in total. The van der Waals surface area contributed by atoms with E-state index in [1.54, 1.807) is 12.4 Å². The third-order valence-electron chi connectivity index (χ3n) is 10.1. The first-order valence-corrected chi connectivity index (χ1v) is 24.7. The van der Waals surface area contributed by atoms with Crippen molar-refractivity contribution in [3.05, 3.63) is 24.3 Å². The van der Waals surface area contributed by atoms with E-state index in [0.717, 1.165) is 0 Å². The molecule has 44 heavy (non-hydrogen) atoms. The molecular formula is C31H57ClN4O5Si3. The second kappa shape index (κ2) is 12.8. The van der Waals surface area contributed by atoms with Crippen LogP contribution >= 0.6 is 11.6 Å². The number of hydrogen-bond acceptors (Lipinski definition) is 8. The molecule has 0 amide bonds. The Balaban J connectivity index is 2.20. The van der Waals surface area contributed by atoms with Crippen LogP contribution in [0.4, 0.5) is 0 Å². The Morgan fingerprint density at radius 1 is 0.864 bits per heavy atom. The smallest absolute Gasteiger partial charge is 0.247 e. The van der Waals surface area contributed by atoms with Crippen LogP contribution in [0.2, 0.25) is 59.7 Å². The number of nitrogens with zero attached hydrogens (tertiary/aromatic N) is 4. The minimum absolute atomic E-state index is 0.0166. The van der Waals surface area contributed by atoms with Gasteiger partial charge in [0.15, 0.2) is 42.3 Å². The number of fused-ring (bicyclic) bond motifs is 1. The first-order chi connectivity index (χ1) is 19.8. The maximum Gasteiger partial charge on any atom is 0.247 e. The fourth-order valence-electron chi connectivity index (χ4n) is 4.16. The van der Waals surface area contributed by atoms with E-state index in [0.29, 0.717) is 23.7 Å². The van der Waals surface area contributed by atoms with Crippen molar-refractivity contribution in [2.24, 2.45) is 0 Å². The van der Waals surface area contributed by atoms with Gasteiger partial charge >= 0.3 is 0 Å². The predicted molar refractivity (Wildman–Crippen MR) is 187 cm³/mol. The lowest BCUT2D eigenvalue weighted by Crippen LogP contribution is -2.54. The maximum atomic E-state index is 7.27. The lowest BCUT2D eigenvalue weighted by atomic mass is 10.1. The van der Waals surface area contributed by atoms with Gasteiger partial charge in [0.25, 0.3) is 0 Å². The molecular weight excluding hydrogens is 628 g/mol. The number of aromatic nitrogens is 4. The van der Waals surface area contributed by atoms with Crippen molar-refractivity contribution in [3.8, 4) is 5.88 Å². The number of imidazole rings is 1. The molecule has 0 spiro atoms. The summed E-state index contributed by atoms with van der Waals surface area (Å²) in [5.74, 6) is 0.297. The standard InChI is InChI=1S/C31H57ClN4O5Si3/c1-17-18-37-26-22-25(34-28(32)35-26)36(20-33-22)27-24(41-44(15,16)31(8,9)10)23(40-43(13,14)30(5,6)7)21(39-27)19-38-42(11,12)29(2,3)4/h17,20-21,23-24,27H,1,18-19H2,2-16H3. The van der Waals surface area contributed by atoms with Crippen LogP contribution in [0.3, 0.4) is 0 Å². The molecule has 1 aliphatic rings. The largest absolute Gasteiger partial charge is 0.472 e. The van der Waals surface area contributed by atoms with Crippen molar-refractivity contribution in [3.63, 3.8) is 0 Å². The van der Waals surface area contributed by atoms with Crippen LogP contribution in [0.25, 0.3) is 11.2 Å². The fourth-order valence-corrected chi connectivity index (χ4v) is 7.94.